The quantitative estimate of drug-likeness (QED) is 0.285. The molecular formula is C20H39IN6OS. The van der Waals surface area contributed by atoms with Crippen molar-refractivity contribution in [2.24, 2.45) is 10.7 Å². The Morgan fingerprint density at radius 3 is 2.38 bits per heavy atom. The van der Waals surface area contributed by atoms with Crippen molar-refractivity contribution in [3.05, 3.63) is 0 Å². The van der Waals surface area contributed by atoms with Gasteiger partial charge in [0.15, 0.2) is 5.96 Å². The summed E-state index contributed by atoms with van der Waals surface area (Å²) in [7, 11) is 0. The van der Waals surface area contributed by atoms with Crippen LogP contribution in [0, 0.1) is 0 Å². The van der Waals surface area contributed by atoms with E-state index in [4.69, 9.17) is 10.7 Å². The number of nitrogens with two attached hydrogens (primary N) is 1. The van der Waals surface area contributed by atoms with Crippen LogP contribution < -0.4 is 16.4 Å². The smallest absolute Gasteiger partial charge is 0.314 e. The molecule has 0 aromatic carbocycles. The lowest BCUT2D eigenvalue weighted by Gasteiger charge is -2.47. The number of carbonyl (C=O) groups is 1. The van der Waals surface area contributed by atoms with Crippen LogP contribution in [0.1, 0.15) is 51.9 Å². The summed E-state index contributed by atoms with van der Waals surface area (Å²) >= 11 is 2.08. The molecule has 0 unspecified atom stereocenters. The molecule has 3 rings (SSSR count). The van der Waals surface area contributed by atoms with Gasteiger partial charge in [-0.25, -0.2) is 4.79 Å². The number of nitrogens with zero attached hydrogens (tertiary/aromatic N) is 3. The average molecular weight is 539 g/mol. The van der Waals surface area contributed by atoms with E-state index in [2.05, 4.69) is 34.2 Å². The summed E-state index contributed by atoms with van der Waals surface area (Å²) in [6.07, 6.45) is 8.41. The van der Waals surface area contributed by atoms with Crippen molar-refractivity contribution in [2.75, 3.05) is 50.8 Å². The number of hydrogen-bond acceptors (Lipinski definition) is 4. The minimum absolute atomic E-state index is 0. The Kier molecular flexibility index (Phi) is 10.7. The Morgan fingerprint density at radius 2 is 1.79 bits per heavy atom. The third-order valence-corrected chi connectivity index (χ3v) is 7.43. The maximum atomic E-state index is 11.3. The molecule has 0 radical (unpaired) electrons. The normalized spacial score (nSPS) is 23.9. The van der Waals surface area contributed by atoms with Crippen molar-refractivity contribution in [3.8, 4) is 0 Å². The number of urea groups is 1. The van der Waals surface area contributed by atoms with Crippen LogP contribution in [-0.2, 0) is 0 Å². The molecule has 0 aromatic heterocycles. The number of thioether (sulfide) groups is 1. The van der Waals surface area contributed by atoms with Gasteiger partial charge in [0.05, 0.1) is 6.54 Å². The predicted molar refractivity (Wildman–Crippen MR) is 133 cm³/mol. The summed E-state index contributed by atoms with van der Waals surface area (Å²) in [5.74, 6) is 3.43. The van der Waals surface area contributed by atoms with Crippen LogP contribution in [0.4, 0.5) is 4.79 Å². The van der Waals surface area contributed by atoms with E-state index in [9.17, 15) is 4.79 Å². The van der Waals surface area contributed by atoms with Crippen LogP contribution in [0.25, 0.3) is 0 Å². The zero-order chi connectivity index (χ0) is 19.8. The monoisotopic (exact) mass is 538 g/mol. The molecule has 29 heavy (non-hydrogen) atoms. The summed E-state index contributed by atoms with van der Waals surface area (Å²) in [6.45, 7) is 7.71. The molecule has 2 heterocycles. The average Bonchev–Trinajstić information content (AvgIpc) is 2.74. The fourth-order valence-corrected chi connectivity index (χ4v) is 5.71. The molecule has 2 saturated heterocycles. The number of likely N-dealkylation sites (tertiary alicyclic amines) is 1. The van der Waals surface area contributed by atoms with Crippen LogP contribution in [-0.4, -0.2) is 84.1 Å². The first-order chi connectivity index (χ1) is 13.6. The zero-order valence-corrected chi connectivity index (χ0v) is 21.0. The van der Waals surface area contributed by atoms with Crippen LogP contribution in [0.2, 0.25) is 0 Å². The molecule has 3 aliphatic rings. The van der Waals surface area contributed by atoms with Gasteiger partial charge in [-0.3, -0.25) is 9.89 Å². The Morgan fingerprint density at radius 1 is 1.14 bits per heavy atom. The molecule has 3 fully saturated rings. The highest BCUT2D eigenvalue weighted by molar-refractivity contribution is 14.0. The lowest BCUT2D eigenvalue weighted by atomic mass is 9.80. The summed E-state index contributed by atoms with van der Waals surface area (Å²) in [4.78, 5) is 20.9. The van der Waals surface area contributed by atoms with E-state index in [1.54, 1.807) is 4.90 Å². The van der Waals surface area contributed by atoms with E-state index >= 15 is 0 Å². The van der Waals surface area contributed by atoms with E-state index in [1.165, 1.54) is 56.7 Å². The van der Waals surface area contributed by atoms with Gasteiger partial charge in [-0.05, 0) is 32.6 Å². The summed E-state index contributed by atoms with van der Waals surface area (Å²) < 4.78 is 0. The number of nitrogens with one attached hydrogen (secondary N) is 2. The van der Waals surface area contributed by atoms with Crippen molar-refractivity contribution < 1.29 is 4.79 Å². The zero-order valence-electron chi connectivity index (χ0n) is 17.8. The van der Waals surface area contributed by atoms with Gasteiger partial charge in [0, 0.05) is 55.8 Å². The van der Waals surface area contributed by atoms with Crippen LogP contribution in [0.15, 0.2) is 4.99 Å². The molecule has 7 nitrogen and oxygen atoms in total. The lowest BCUT2D eigenvalue weighted by molar-refractivity contribution is 0.0671. The van der Waals surface area contributed by atoms with Gasteiger partial charge >= 0.3 is 6.03 Å². The van der Waals surface area contributed by atoms with Gasteiger partial charge in [-0.15, -0.1) is 24.0 Å². The highest BCUT2D eigenvalue weighted by atomic mass is 127. The first-order valence-corrected chi connectivity index (χ1v) is 12.2. The van der Waals surface area contributed by atoms with Crippen molar-refractivity contribution >= 4 is 47.7 Å². The highest BCUT2D eigenvalue weighted by Gasteiger charge is 2.38. The fourth-order valence-electron chi connectivity index (χ4n) is 4.81. The van der Waals surface area contributed by atoms with E-state index in [-0.39, 0.29) is 35.5 Å². The SMILES string of the molecule is CCNC(=NCC1(N2CCSCC2)CCCCC1)NC1CCN(C(N)=O)CC1.I. The molecule has 0 bridgehead atoms. The van der Waals surface area contributed by atoms with Crippen molar-refractivity contribution in [1.29, 1.82) is 0 Å². The second-order valence-corrected chi connectivity index (χ2v) is 9.55. The van der Waals surface area contributed by atoms with E-state index in [0.717, 1.165) is 45.0 Å². The maximum Gasteiger partial charge on any atom is 0.314 e. The number of halogens is 1. The number of amides is 2. The highest BCUT2D eigenvalue weighted by Crippen LogP contribution is 2.35. The van der Waals surface area contributed by atoms with Crippen molar-refractivity contribution in [3.63, 3.8) is 0 Å². The lowest BCUT2D eigenvalue weighted by Crippen LogP contribution is -2.56. The predicted octanol–water partition coefficient (Wildman–Crippen LogP) is 2.45. The van der Waals surface area contributed by atoms with Crippen molar-refractivity contribution in [1.82, 2.24) is 20.4 Å². The van der Waals surface area contributed by atoms with Crippen LogP contribution >= 0.6 is 35.7 Å². The van der Waals surface area contributed by atoms with E-state index in [0.29, 0.717) is 6.04 Å². The largest absolute Gasteiger partial charge is 0.357 e. The number of primary amides is 1. The van der Waals surface area contributed by atoms with Gasteiger partial charge in [-0.1, -0.05) is 19.3 Å². The van der Waals surface area contributed by atoms with Crippen molar-refractivity contribution in [2.45, 2.75) is 63.5 Å². The van der Waals surface area contributed by atoms with Gasteiger partial charge in [0.1, 0.15) is 0 Å². The molecular weight excluding hydrogens is 499 g/mol. The van der Waals surface area contributed by atoms with E-state index < -0.39 is 0 Å². The number of aliphatic imine (C=N–C) groups is 1. The number of rotatable bonds is 5. The molecule has 2 aliphatic heterocycles. The number of carbonyl (C=O) groups excluding carboxylic acids is 1. The molecule has 2 amide bonds. The first-order valence-electron chi connectivity index (χ1n) is 11.0. The molecule has 0 spiro atoms. The Labute approximate surface area is 197 Å². The molecule has 1 aliphatic carbocycles. The van der Waals surface area contributed by atoms with Crippen LogP contribution in [0.5, 0.6) is 0 Å². The van der Waals surface area contributed by atoms with Crippen LogP contribution in [0.3, 0.4) is 0 Å². The fraction of sp³-hybridized carbons (Fsp3) is 0.900. The molecule has 1 saturated carbocycles. The van der Waals surface area contributed by atoms with E-state index in [1.807, 2.05) is 0 Å². The Hall–Kier alpha value is -0.420. The third-order valence-electron chi connectivity index (χ3n) is 6.49. The van der Waals surface area contributed by atoms with Gasteiger partial charge in [0.25, 0.3) is 0 Å². The molecule has 0 aromatic rings. The molecule has 168 valence electrons. The minimum Gasteiger partial charge on any atom is -0.357 e. The Balaban J connectivity index is 0.00000300. The number of hydrogen-bond donors (Lipinski definition) is 3. The molecule has 0 atom stereocenters. The summed E-state index contributed by atoms with van der Waals surface area (Å²) in [5.41, 5.74) is 5.65. The molecule has 9 heteroatoms. The minimum atomic E-state index is -0.307. The first kappa shape index (κ1) is 24.8. The summed E-state index contributed by atoms with van der Waals surface area (Å²) in [5, 5.41) is 7.05. The second-order valence-electron chi connectivity index (χ2n) is 8.32. The van der Waals surface area contributed by atoms with Gasteiger partial charge in [0.2, 0.25) is 0 Å². The second kappa shape index (κ2) is 12.4. The number of guanidine groups is 1. The topological polar surface area (TPSA) is 86.0 Å². The maximum absolute atomic E-state index is 11.3. The third kappa shape index (κ3) is 7.05. The van der Waals surface area contributed by atoms with Gasteiger partial charge in [-0.2, -0.15) is 11.8 Å². The summed E-state index contributed by atoms with van der Waals surface area (Å²) in [6, 6.07) is 0.0417. The number of piperidine rings is 1. The Bertz CT molecular complexity index is 529. The van der Waals surface area contributed by atoms with Gasteiger partial charge < -0.3 is 21.3 Å². The standard InChI is InChI=1S/C20H38N6OS.HI/c1-2-22-19(24-17-6-10-25(11-7-17)18(21)27)23-16-20(8-4-3-5-9-20)26-12-14-28-15-13-26;/h17H,2-16H2,1H3,(H2,21,27)(H2,22,23,24);1H. The molecule has 4 N–H and O–H groups in total.